The Labute approximate surface area is 194 Å². The molecule has 1 heterocycles. The second-order valence-corrected chi connectivity index (χ2v) is 9.02. The van der Waals surface area contributed by atoms with Crippen molar-refractivity contribution in [2.45, 2.75) is 20.1 Å². The van der Waals surface area contributed by atoms with Gasteiger partial charge in [0, 0.05) is 10.0 Å². The van der Waals surface area contributed by atoms with Gasteiger partial charge in [-0.1, -0.05) is 82.2 Å². The summed E-state index contributed by atoms with van der Waals surface area (Å²) < 4.78 is 6.89. The lowest BCUT2D eigenvalue weighted by molar-refractivity contribution is -0.123. The highest BCUT2D eigenvalue weighted by atomic mass is 79.9. The molecule has 1 aliphatic rings. The topological polar surface area (TPSA) is 46.6 Å². The van der Waals surface area contributed by atoms with Crippen molar-refractivity contribution in [1.82, 2.24) is 4.90 Å². The maximum Gasteiger partial charge on any atom is 0.293 e. The Morgan fingerprint density at radius 2 is 1.77 bits per heavy atom. The monoisotopic (exact) mass is 493 g/mol. The van der Waals surface area contributed by atoms with Crippen LogP contribution in [0, 0.1) is 6.92 Å². The molecule has 0 atom stereocenters. The van der Waals surface area contributed by atoms with E-state index in [0.717, 1.165) is 32.9 Å². The normalized spacial score (nSPS) is 15.0. The standard InChI is InChI=1S/C25H20BrNO3S/c1-17-7-6-8-18(13-17)16-30-22-12-5-3-9-19(22)14-23-24(28)27(25(29)31-23)15-20-10-2-4-11-21(20)26/h2-14H,15-16H2,1H3/b23-14+. The highest BCUT2D eigenvalue weighted by molar-refractivity contribution is 9.10. The van der Waals surface area contributed by atoms with Gasteiger partial charge in [-0.05, 0) is 48.0 Å². The van der Waals surface area contributed by atoms with Crippen LogP contribution in [0.1, 0.15) is 22.3 Å². The zero-order chi connectivity index (χ0) is 21.8. The maximum absolute atomic E-state index is 12.9. The molecule has 0 saturated carbocycles. The molecule has 6 heteroatoms. The Kier molecular flexibility index (Phi) is 6.59. The van der Waals surface area contributed by atoms with E-state index in [0.29, 0.717) is 17.3 Å². The molecule has 31 heavy (non-hydrogen) atoms. The van der Waals surface area contributed by atoms with E-state index >= 15 is 0 Å². The summed E-state index contributed by atoms with van der Waals surface area (Å²) in [5.74, 6) is 0.376. The van der Waals surface area contributed by atoms with E-state index in [9.17, 15) is 9.59 Å². The number of amides is 2. The number of imide groups is 1. The van der Waals surface area contributed by atoms with Crippen LogP contribution in [-0.2, 0) is 17.9 Å². The summed E-state index contributed by atoms with van der Waals surface area (Å²) in [5, 5.41) is -0.273. The molecule has 4 rings (SSSR count). The zero-order valence-corrected chi connectivity index (χ0v) is 19.3. The van der Waals surface area contributed by atoms with Crippen molar-refractivity contribution in [3.8, 4) is 5.75 Å². The van der Waals surface area contributed by atoms with Crippen molar-refractivity contribution >= 4 is 44.9 Å². The third-order valence-corrected chi connectivity index (χ3v) is 6.52. The number of rotatable bonds is 6. The largest absolute Gasteiger partial charge is 0.488 e. The lowest BCUT2D eigenvalue weighted by atomic mass is 10.1. The van der Waals surface area contributed by atoms with Gasteiger partial charge in [0.25, 0.3) is 11.1 Å². The zero-order valence-electron chi connectivity index (χ0n) is 16.9. The summed E-state index contributed by atoms with van der Waals surface area (Å²) in [6.07, 6.45) is 1.73. The fourth-order valence-corrected chi connectivity index (χ4v) is 4.51. The third-order valence-electron chi connectivity index (χ3n) is 4.84. The van der Waals surface area contributed by atoms with Crippen molar-refractivity contribution in [3.63, 3.8) is 0 Å². The fraction of sp³-hybridized carbons (Fsp3) is 0.120. The Hall–Kier alpha value is -2.83. The van der Waals surface area contributed by atoms with Crippen molar-refractivity contribution in [2.75, 3.05) is 0 Å². The maximum atomic E-state index is 12.9. The molecule has 3 aromatic carbocycles. The van der Waals surface area contributed by atoms with E-state index in [4.69, 9.17) is 4.74 Å². The lowest BCUT2D eigenvalue weighted by Gasteiger charge is -2.13. The molecule has 1 fully saturated rings. The second kappa shape index (κ2) is 9.54. The predicted octanol–water partition coefficient (Wildman–Crippen LogP) is 6.57. The van der Waals surface area contributed by atoms with E-state index in [1.165, 1.54) is 10.5 Å². The summed E-state index contributed by atoms with van der Waals surface area (Å²) in [4.78, 5) is 27.1. The molecule has 0 unspecified atom stereocenters. The highest BCUT2D eigenvalue weighted by Crippen LogP contribution is 2.35. The average Bonchev–Trinajstić information content (AvgIpc) is 3.02. The number of ether oxygens (including phenoxy) is 1. The number of hydrogen-bond donors (Lipinski definition) is 0. The van der Waals surface area contributed by atoms with Crippen molar-refractivity contribution in [3.05, 3.63) is 104 Å². The minimum absolute atomic E-state index is 0.231. The molecule has 0 N–H and O–H groups in total. The van der Waals surface area contributed by atoms with Crippen LogP contribution in [0.5, 0.6) is 5.75 Å². The molecule has 0 aromatic heterocycles. The number of carbonyl (C=O) groups is 2. The van der Waals surface area contributed by atoms with Gasteiger partial charge in [0.1, 0.15) is 12.4 Å². The van der Waals surface area contributed by atoms with Gasteiger partial charge in [-0.3, -0.25) is 14.5 Å². The summed E-state index contributed by atoms with van der Waals surface area (Å²) in [5.41, 5.74) is 3.89. The van der Waals surface area contributed by atoms with Crippen molar-refractivity contribution < 1.29 is 14.3 Å². The summed E-state index contributed by atoms with van der Waals surface area (Å²) >= 11 is 4.43. The van der Waals surface area contributed by atoms with Crippen LogP contribution >= 0.6 is 27.7 Å². The van der Waals surface area contributed by atoms with Gasteiger partial charge >= 0.3 is 0 Å². The summed E-state index contributed by atoms with van der Waals surface area (Å²) in [7, 11) is 0. The Morgan fingerprint density at radius 3 is 2.58 bits per heavy atom. The van der Waals surface area contributed by atoms with Crippen molar-refractivity contribution in [2.24, 2.45) is 0 Å². The molecule has 2 amide bonds. The molecule has 4 nitrogen and oxygen atoms in total. The van der Waals surface area contributed by atoms with E-state index in [-0.39, 0.29) is 17.7 Å². The number of halogens is 1. The van der Waals surface area contributed by atoms with Crippen LogP contribution in [-0.4, -0.2) is 16.0 Å². The SMILES string of the molecule is Cc1cccc(COc2ccccc2/C=C2/SC(=O)N(Cc3ccccc3Br)C2=O)c1. The van der Waals surface area contributed by atoms with Crippen LogP contribution in [0.2, 0.25) is 0 Å². The first kappa shape index (κ1) is 21.4. The Balaban J connectivity index is 1.53. The van der Waals surface area contributed by atoms with E-state index in [1.54, 1.807) is 6.08 Å². The molecule has 0 spiro atoms. The van der Waals surface area contributed by atoms with Crippen LogP contribution in [0.4, 0.5) is 4.79 Å². The van der Waals surface area contributed by atoms with E-state index in [2.05, 4.69) is 22.0 Å². The number of carbonyl (C=O) groups excluding carboxylic acids is 2. The van der Waals surface area contributed by atoms with Gasteiger partial charge in [-0.15, -0.1) is 0 Å². The van der Waals surface area contributed by atoms with Gasteiger partial charge in [0.15, 0.2) is 0 Å². The molecule has 0 radical (unpaired) electrons. The Morgan fingerprint density at radius 1 is 1.00 bits per heavy atom. The summed E-state index contributed by atoms with van der Waals surface area (Å²) in [6, 6.07) is 23.2. The molecular formula is C25H20BrNO3S. The smallest absolute Gasteiger partial charge is 0.293 e. The molecule has 1 aliphatic heterocycles. The van der Waals surface area contributed by atoms with Gasteiger partial charge in [0.05, 0.1) is 11.4 Å². The van der Waals surface area contributed by atoms with Crippen LogP contribution in [0.15, 0.2) is 82.2 Å². The molecule has 3 aromatic rings. The highest BCUT2D eigenvalue weighted by Gasteiger charge is 2.35. The van der Waals surface area contributed by atoms with E-state index < -0.39 is 0 Å². The first-order valence-corrected chi connectivity index (χ1v) is 11.4. The minimum atomic E-state index is -0.292. The quantitative estimate of drug-likeness (QED) is 0.364. The number of hydrogen-bond acceptors (Lipinski definition) is 4. The van der Waals surface area contributed by atoms with Crippen LogP contribution < -0.4 is 4.74 Å². The second-order valence-electron chi connectivity index (χ2n) is 7.17. The number of thioether (sulfide) groups is 1. The average molecular weight is 494 g/mol. The first-order chi connectivity index (χ1) is 15.0. The van der Waals surface area contributed by atoms with Gasteiger partial charge in [0.2, 0.25) is 0 Å². The molecule has 1 saturated heterocycles. The minimum Gasteiger partial charge on any atom is -0.488 e. The molecular weight excluding hydrogens is 474 g/mol. The number of nitrogens with zero attached hydrogens (tertiary/aromatic N) is 1. The number of benzene rings is 3. The predicted molar refractivity (Wildman–Crippen MR) is 128 cm³/mol. The number of aryl methyl sites for hydroxylation is 1. The van der Waals surface area contributed by atoms with E-state index in [1.807, 2.05) is 73.7 Å². The van der Waals surface area contributed by atoms with Crippen molar-refractivity contribution in [1.29, 1.82) is 0 Å². The number of para-hydroxylation sites is 1. The molecule has 0 bridgehead atoms. The molecule has 0 aliphatic carbocycles. The van der Waals surface area contributed by atoms with Gasteiger partial charge < -0.3 is 4.74 Å². The molecule has 156 valence electrons. The van der Waals surface area contributed by atoms with Gasteiger partial charge in [-0.25, -0.2) is 0 Å². The van der Waals surface area contributed by atoms with Crippen LogP contribution in [0.25, 0.3) is 6.08 Å². The Bertz CT molecular complexity index is 1170. The summed E-state index contributed by atoms with van der Waals surface area (Å²) in [6.45, 7) is 2.70. The fourth-order valence-electron chi connectivity index (χ4n) is 3.27. The van der Waals surface area contributed by atoms with Crippen LogP contribution in [0.3, 0.4) is 0 Å². The third kappa shape index (κ3) is 5.09. The first-order valence-electron chi connectivity index (χ1n) is 9.77. The van der Waals surface area contributed by atoms with Gasteiger partial charge in [-0.2, -0.15) is 0 Å². The lowest BCUT2D eigenvalue weighted by Crippen LogP contribution is -2.27.